The van der Waals surface area contributed by atoms with Gasteiger partial charge < -0.3 is 0 Å². The minimum Gasteiger partial charge on any atom is -0.0845 e. The highest BCUT2D eigenvalue weighted by Crippen LogP contribution is 2.10. The second kappa shape index (κ2) is 18.3. The number of hydrogen-bond acceptors (Lipinski definition) is 0. The van der Waals surface area contributed by atoms with E-state index >= 15 is 0 Å². The number of rotatable bonds is 0. The Morgan fingerprint density at radius 2 is 0.840 bits per heavy atom. The standard InChI is InChI=1S/C25H33/c1-2-4-6-8-10-12-14-16-18-20-22-24-25-23-21-19-17-15-13-11-9-7-5-3-1/h1-15H,16,18-25H2/b2-1-,5-3-,6-4-,9-7-,10-8-,13-11-,14-12-,17-15?. The van der Waals surface area contributed by atoms with Gasteiger partial charge in [-0.1, -0.05) is 123 Å². The van der Waals surface area contributed by atoms with Crippen LogP contribution in [0, 0.1) is 6.08 Å². The summed E-state index contributed by atoms with van der Waals surface area (Å²) in [6.07, 6.45) is 46.0. The van der Waals surface area contributed by atoms with E-state index in [9.17, 15) is 0 Å². The van der Waals surface area contributed by atoms with Crippen LogP contribution in [0.15, 0.2) is 91.1 Å². The summed E-state index contributed by atoms with van der Waals surface area (Å²) in [7, 11) is 0. The first-order valence-corrected chi connectivity index (χ1v) is 9.72. The van der Waals surface area contributed by atoms with Crippen molar-refractivity contribution in [2.24, 2.45) is 0 Å². The van der Waals surface area contributed by atoms with Gasteiger partial charge >= 0.3 is 0 Å². The van der Waals surface area contributed by atoms with Gasteiger partial charge in [0.1, 0.15) is 0 Å². The van der Waals surface area contributed by atoms with Crippen LogP contribution >= 0.6 is 0 Å². The molecule has 0 aliphatic heterocycles. The average molecular weight is 334 g/mol. The molecule has 133 valence electrons. The number of hydrogen-bond donors (Lipinski definition) is 0. The minimum atomic E-state index is 1.07. The molecule has 0 bridgehead atoms. The van der Waals surface area contributed by atoms with Crippen molar-refractivity contribution in [1.82, 2.24) is 0 Å². The van der Waals surface area contributed by atoms with E-state index in [2.05, 4.69) is 36.5 Å². The van der Waals surface area contributed by atoms with Crippen LogP contribution in [-0.4, -0.2) is 0 Å². The molecule has 1 radical (unpaired) electrons. The molecule has 0 spiro atoms. The monoisotopic (exact) mass is 333 g/mol. The Bertz CT molecular complexity index is 470. The lowest BCUT2D eigenvalue weighted by Gasteiger charge is -1.99. The molecule has 25 heavy (non-hydrogen) atoms. The van der Waals surface area contributed by atoms with Gasteiger partial charge in [0, 0.05) is 0 Å². The fourth-order valence-electron chi connectivity index (χ4n) is 2.46. The molecule has 1 aliphatic carbocycles. The molecule has 0 amide bonds. The van der Waals surface area contributed by atoms with Crippen LogP contribution in [0.4, 0.5) is 0 Å². The van der Waals surface area contributed by atoms with E-state index in [0.717, 1.165) is 6.42 Å². The SMILES string of the molecule is [C]1=C/C=C\C=C/C=C\C=C/C=C\C=C/C=C\CCCCCCCCC\1. The summed E-state index contributed by atoms with van der Waals surface area (Å²) >= 11 is 0. The van der Waals surface area contributed by atoms with Gasteiger partial charge in [0.25, 0.3) is 0 Å². The smallest absolute Gasteiger partial charge is 0.0276 e. The quantitative estimate of drug-likeness (QED) is 0.425. The van der Waals surface area contributed by atoms with Crippen molar-refractivity contribution in [3.8, 4) is 0 Å². The topological polar surface area (TPSA) is 0 Å². The highest BCUT2D eigenvalue weighted by Gasteiger charge is 1.90. The predicted molar refractivity (Wildman–Crippen MR) is 113 cm³/mol. The first kappa shape index (κ1) is 21.0. The molecule has 0 saturated carbocycles. The van der Waals surface area contributed by atoms with E-state index in [-0.39, 0.29) is 0 Å². The normalized spacial score (nSPS) is 29.1. The Kier molecular flexibility index (Phi) is 15.3. The van der Waals surface area contributed by atoms with Crippen LogP contribution in [0.5, 0.6) is 0 Å². The number of allylic oxidation sites excluding steroid dienone is 16. The zero-order valence-corrected chi connectivity index (χ0v) is 15.5. The summed E-state index contributed by atoms with van der Waals surface area (Å²) in [6.45, 7) is 0. The third-order valence-electron chi connectivity index (χ3n) is 3.88. The van der Waals surface area contributed by atoms with Crippen LogP contribution in [0.25, 0.3) is 0 Å². The summed E-state index contributed by atoms with van der Waals surface area (Å²) in [5.74, 6) is 0. The van der Waals surface area contributed by atoms with Gasteiger partial charge in [-0.15, -0.1) is 0 Å². The Morgan fingerprint density at radius 1 is 0.400 bits per heavy atom. The molecule has 0 aromatic rings. The fourth-order valence-corrected chi connectivity index (χ4v) is 2.46. The van der Waals surface area contributed by atoms with Crippen molar-refractivity contribution < 1.29 is 0 Å². The van der Waals surface area contributed by atoms with E-state index in [0.29, 0.717) is 0 Å². The molecule has 0 atom stereocenters. The molecule has 1 aliphatic rings. The average Bonchev–Trinajstić information content (AvgIpc) is 2.62. The minimum absolute atomic E-state index is 1.07. The summed E-state index contributed by atoms with van der Waals surface area (Å²) in [6, 6.07) is 0. The molecule has 0 aromatic heterocycles. The zero-order chi connectivity index (χ0) is 17.7. The lowest BCUT2D eigenvalue weighted by atomic mass is 10.1. The molecule has 0 aromatic carbocycles. The highest BCUT2D eigenvalue weighted by atomic mass is 14.0. The molecule has 1 rings (SSSR count). The highest BCUT2D eigenvalue weighted by molar-refractivity contribution is 5.21. The second-order valence-corrected chi connectivity index (χ2v) is 6.12. The third-order valence-corrected chi connectivity index (χ3v) is 3.88. The van der Waals surface area contributed by atoms with E-state index in [1.165, 1.54) is 51.4 Å². The largest absolute Gasteiger partial charge is 0.0845 e. The predicted octanol–water partition coefficient (Wildman–Crippen LogP) is 7.76. The van der Waals surface area contributed by atoms with Gasteiger partial charge in [-0.3, -0.25) is 0 Å². The molecule has 0 saturated heterocycles. The summed E-state index contributed by atoms with van der Waals surface area (Å²) in [4.78, 5) is 0. The first-order chi connectivity index (χ1) is 12.5. The Balaban J connectivity index is 2.40. The molecular weight excluding hydrogens is 300 g/mol. The van der Waals surface area contributed by atoms with Gasteiger partial charge in [-0.25, -0.2) is 0 Å². The molecule has 0 heterocycles. The van der Waals surface area contributed by atoms with Crippen molar-refractivity contribution >= 4 is 0 Å². The first-order valence-electron chi connectivity index (χ1n) is 9.72. The van der Waals surface area contributed by atoms with E-state index in [4.69, 9.17) is 0 Å². The molecule has 0 heteroatoms. The second-order valence-electron chi connectivity index (χ2n) is 6.12. The van der Waals surface area contributed by atoms with Gasteiger partial charge in [0.05, 0.1) is 0 Å². The van der Waals surface area contributed by atoms with Gasteiger partial charge in [-0.2, -0.15) is 0 Å². The van der Waals surface area contributed by atoms with E-state index in [1.54, 1.807) is 0 Å². The Hall–Kier alpha value is -2.08. The summed E-state index contributed by atoms with van der Waals surface area (Å²) in [5.41, 5.74) is 0. The van der Waals surface area contributed by atoms with E-state index < -0.39 is 0 Å². The Morgan fingerprint density at radius 3 is 1.44 bits per heavy atom. The van der Waals surface area contributed by atoms with Gasteiger partial charge in [0.2, 0.25) is 0 Å². The Labute approximate surface area is 155 Å². The van der Waals surface area contributed by atoms with Crippen molar-refractivity contribution in [2.45, 2.75) is 57.8 Å². The maximum atomic E-state index is 3.35. The molecular formula is C25H33. The van der Waals surface area contributed by atoms with Gasteiger partial charge in [0.15, 0.2) is 0 Å². The summed E-state index contributed by atoms with van der Waals surface area (Å²) < 4.78 is 0. The lowest BCUT2D eigenvalue weighted by Crippen LogP contribution is -1.80. The van der Waals surface area contributed by atoms with Crippen molar-refractivity contribution in [3.63, 3.8) is 0 Å². The maximum absolute atomic E-state index is 3.35. The van der Waals surface area contributed by atoms with Crippen molar-refractivity contribution in [2.75, 3.05) is 0 Å². The third kappa shape index (κ3) is 16.6. The van der Waals surface area contributed by atoms with Crippen molar-refractivity contribution in [1.29, 1.82) is 0 Å². The fraction of sp³-hybridized carbons (Fsp3) is 0.360. The zero-order valence-electron chi connectivity index (χ0n) is 15.5. The van der Waals surface area contributed by atoms with Crippen LogP contribution in [0.1, 0.15) is 57.8 Å². The van der Waals surface area contributed by atoms with Crippen LogP contribution in [0.2, 0.25) is 0 Å². The molecule has 0 nitrogen and oxygen atoms in total. The van der Waals surface area contributed by atoms with Gasteiger partial charge in [-0.05, 0) is 31.8 Å². The van der Waals surface area contributed by atoms with Crippen LogP contribution < -0.4 is 0 Å². The van der Waals surface area contributed by atoms with Crippen LogP contribution in [-0.2, 0) is 0 Å². The lowest BCUT2D eigenvalue weighted by molar-refractivity contribution is 0.582. The molecule has 0 fully saturated rings. The summed E-state index contributed by atoms with van der Waals surface area (Å²) in [5, 5.41) is 0. The maximum Gasteiger partial charge on any atom is -0.0276 e. The molecule has 0 N–H and O–H groups in total. The van der Waals surface area contributed by atoms with E-state index in [1.807, 2.05) is 60.8 Å². The van der Waals surface area contributed by atoms with Crippen LogP contribution in [0.3, 0.4) is 0 Å². The van der Waals surface area contributed by atoms with Crippen molar-refractivity contribution in [3.05, 3.63) is 97.2 Å². The molecule has 0 unspecified atom stereocenters.